The number of carbonyl (C=O) groups excluding carboxylic acids is 2. The third kappa shape index (κ3) is 3.97. The molecular formula is C16H23N3O2. The molecule has 0 saturated carbocycles. The molecule has 21 heavy (non-hydrogen) atoms. The van der Waals surface area contributed by atoms with E-state index < -0.39 is 0 Å². The van der Waals surface area contributed by atoms with E-state index in [0.29, 0.717) is 23.1 Å². The van der Waals surface area contributed by atoms with Crippen molar-refractivity contribution < 1.29 is 9.59 Å². The first-order valence-corrected chi connectivity index (χ1v) is 7.39. The van der Waals surface area contributed by atoms with E-state index in [1.165, 1.54) is 0 Å². The number of carbonyl (C=O) groups is 2. The quantitative estimate of drug-likeness (QED) is 0.825. The van der Waals surface area contributed by atoms with Gasteiger partial charge in [-0.05, 0) is 42.5 Å². The molecule has 3 N–H and O–H groups in total. The van der Waals surface area contributed by atoms with E-state index in [1.54, 1.807) is 24.3 Å². The van der Waals surface area contributed by atoms with Crippen molar-refractivity contribution in [3.05, 3.63) is 29.8 Å². The van der Waals surface area contributed by atoms with E-state index in [9.17, 15) is 9.59 Å². The topological polar surface area (TPSA) is 75.4 Å². The molecule has 1 unspecified atom stereocenters. The van der Waals surface area contributed by atoms with Crippen LogP contribution in [-0.2, 0) is 4.79 Å². The fraction of sp³-hybridized carbons (Fsp3) is 0.500. The maximum absolute atomic E-state index is 12.1. The zero-order chi connectivity index (χ0) is 15.4. The minimum Gasteiger partial charge on any atom is -0.399 e. The molecule has 1 saturated heterocycles. The molecule has 1 aliphatic heterocycles. The molecule has 2 amide bonds. The highest BCUT2D eigenvalue weighted by Gasteiger charge is 2.27. The summed E-state index contributed by atoms with van der Waals surface area (Å²) in [6.07, 6.45) is 1.05. The van der Waals surface area contributed by atoms with Gasteiger partial charge in [-0.25, -0.2) is 0 Å². The van der Waals surface area contributed by atoms with Crippen molar-refractivity contribution in [1.29, 1.82) is 0 Å². The predicted octanol–water partition coefficient (Wildman–Crippen LogP) is 1.50. The van der Waals surface area contributed by atoms with Gasteiger partial charge >= 0.3 is 0 Å². The van der Waals surface area contributed by atoms with Gasteiger partial charge in [-0.1, -0.05) is 13.8 Å². The molecule has 0 aliphatic carbocycles. The number of nitrogens with two attached hydrogens (primary N) is 1. The normalized spacial score (nSPS) is 18.0. The van der Waals surface area contributed by atoms with E-state index in [-0.39, 0.29) is 18.4 Å². The SMILES string of the molecule is CC(C)C1CCN(C(=O)CNC(=O)c2ccc(N)cc2)C1. The summed E-state index contributed by atoms with van der Waals surface area (Å²) in [5.41, 5.74) is 6.70. The lowest BCUT2D eigenvalue weighted by Crippen LogP contribution is -2.39. The summed E-state index contributed by atoms with van der Waals surface area (Å²) in [4.78, 5) is 25.9. The lowest BCUT2D eigenvalue weighted by atomic mass is 9.95. The summed E-state index contributed by atoms with van der Waals surface area (Å²) < 4.78 is 0. The van der Waals surface area contributed by atoms with Gasteiger partial charge in [-0.15, -0.1) is 0 Å². The minimum absolute atomic E-state index is 0.0121. The summed E-state index contributed by atoms with van der Waals surface area (Å²) in [5.74, 6) is 0.902. The van der Waals surface area contributed by atoms with Crippen LogP contribution in [-0.4, -0.2) is 36.3 Å². The third-order valence-corrected chi connectivity index (χ3v) is 4.09. The van der Waals surface area contributed by atoms with Crippen molar-refractivity contribution in [3.63, 3.8) is 0 Å². The van der Waals surface area contributed by atoms with Gasteiger partial charge in [-0.3, -0.25) is 9.59 Å². The summed E-state index contributed by atoms with van der Waals surface area (Å²) in [6.45, 7) is 6.00. The number of hydrogen-bond acceptors (Lipinski definition) is 3. The van der Waals surface area contributed by atoms with Crippen molar-refractivity contribution in [2.75, 3.05) is 25.4 Å². The number of amides is 2. The van der Waals surface area contributed by atoms with Crippen LogP contribution in [0.25, 0.3) is 0 Å². The zero-order valence-electron chi connectivity index (χ0n) is 12.6. The predicted molar refractivity (Wildman–Crippen MR) is 82.7 cm³/mol. The lowest BCUT2D eigenvalue weighted by molar-refractivity contribution is -0.129. The Morgan fingerprint density at radius 3 is 2.57 bits per heavy atom. The van der Waals surface area contributed by atoms with Gasteiger partial charge < -0.3 is 16.0 Å². The number of nitrogens with one attached hydrogen (secondary N) is 1. The zero-order valence-corrected chi connectivity index (χ0v) is 12.6. The van der Waals surface area contributed by atoms with Crippen molar-refractivity contribution in [2.45, 2.75) is 20.3 Å². The Morgan fingerprint density at radius 2 is 2.00 bits per heavy atom. The van der Waals surface area contributed by atoms with Crippen LogP contribution in [0.1, 0.15) is 30.6 Å². The highest BCUT2D eigenvalue weighted by Crippen LogP contribution is 2.23. The lowest BCUT2D eigenvalue weighted by Gasteiger charge is -2.18. The van der Waals surface area contributed by atoms with Gasteiger partial charge in [0.05, 0.1) is 6.54 Å². The molecule has 1 aromatic carbocycles. The second kappa shape index (κ2) is 6.61. The molecule has 1 heterocycles. The number of nitrogen functional groups attached to an aromatic ring is 1. The van der Waals surface area contributed by atoms with Crippen LogP contribution < -0.4 is 11.1 Å². The summed E-state index contributed by atoms with van der Waals surface area (Å²) in [7, 11) is 0. The van der Waals surface area contributed by atoms with Gasteiger partial charge in [0, 0.05) is 24.3 Å². The van der Waals surface area contributed by atoms with Crippen molar-refractivity contribution in [2.24, 2.45) is 11.8 Å². The summed E-state index contributed by atoms with van der Waals surface area (Å²) in [5, 5.41) is 2.67. The third-order valence-electron chi connectivity index (χ3n) is 4.09. The number of hydrogen-bond donors (Lipinski definition) is 2. The first-order chi connectivity index (χ1) is 9.97. The highest BCUT2D eigenvalue weighted by molar-refractivity contribution is 5.96. The fourth-order valence-corrected chi connectivity index (χ4v) is 2.56. The van der Waals surface area contributed by atoms with Gasteiger partial charge in [-0.2, -0.15) is 0 Å². The Labute approximate surface area is 125 Å². The van der Waals surface area contributed by atoms with Crippen molar-refractivity contribution in [3.8, 4) is 0 Å². The van der Waals surface area contributed by atoms with E-state index >= 15 is 0 Å². The molecule has 0 bridgehead atoms. The number of anilines is 1. The van der Waals surface area contributed by atoms with Crippen LogP contribution in [0.5, 0.6) is 0 Å². The Hall–Kier alpha value is -2.04. The average molecular weight is 289 g/mol. The Bertz CT molecular complexity index is 511. The van der Waals surface area contributed by atoms with Gasteiger partial charge in [0.1, 0.15) is 0 Å². The summed E-state index contributed by atoms with van der Waals surface area (Å²) in [6, 6.07) is 6.65. The molecule has 2 rings (SSSR count). The van der Waals surface area contributed by atoms with Gasteiger partial charge in [0.2, 0.25) is 5.91 Å². The van der Waals surface area contributed by atoms with Gasteiger partial charge in [0.15, 0.2) is 0 Å². The molecule has 1 fully saturated rings. The van der Waals surface area contributed by atoms with E-state index in [2.05, 4.69) is 19.2 Å². The second-order valence-electron chi connectivity index (χ2n) is 5.94. The van der Waals surface area contributed by atoms with Crippen LogP contribution in [0, 0.1) is 11.8 Å². The standard InChI is InChI=1S/C16H23N3O2/c1-11(2)13-7-8-19(10-13)15(20)9-18-16(21)12-3-5-14(17)6-4-12/h3-6,11,13H,7-10,17H2,1-2H3,(H,18,21). The Kier molecular flexibility index (Phi) is 4.83. The first-order valence-electron chi connectivity index (χ1n) is 7.39. The molecule has 5 nitrogen and oxygen atoms in total. The molecule has 0 aromatic heterocycles. The van der Waals surface area contributed by atoms with Crippen LogP contribution in [0.15, 0.2) is 24.3 Å². The van der Waals surface area contributed by atoms with Crippen molar-refractivity contribution >= 4 is 17.5 Å². The van der Waals surface area contributed by atoms with E-state index in [4.69, 9.17) is 5.73 Å². The monoisotopic (exact) mass is 289 g/mol. The molecule has 114 valence electrons. The number of likely N-dealkylation sites (tertiary alicyclic amines) is 1. The molecule has 1 atom stereocenters. The summed E-state index contributed by atoms with van der Waals surface area (Å²) >= 11 is 0. The van der Waals surface area contributed by atoms with Crippen LogP contribution in [0.4, 0.5) is 5.69 Å². The molecule has 5 heteroatoms. The average Bonchev–Trinajstić information content (AvgIpc) is 2.95. The van der Waals surface area contributed by atoms with E-state index in [0.717, 1.165) is 19.5 Å². The van der Waals surface area contributed by atoms with Crippen LogP contribution >= 0.6 is 0 Å². The van der Waals surface area contributed by atoms with Crippen LogP contribution in [0.3, 0.4) is 0 Å². The smallest absolute Gasteiger partial charge is 0.251 e. The van der Waals surface area contributed by atoms with E-state index in [1.807, 2.05) is 4.90 Å². The highest BCUT2D eigenvalue weighted by atomic mass is 16.2. The second-order valence-corrected chi connectivity index (χ2v) is 5.94. The number of nitrogens with zero attached hydrogens (tertiary/aromatic N) is 1. The van der Waals surface area contributed by atoms with Gasteiger partial charge in [0.25, 0.3) is 5.91 Å². The fourth-order valence-electron chi connectivity index (χ4n) is 2.56. The first kappa shape index (κ1) is 15.4. The molecule has 1 aliphatic rings. The number of rotatable bonds is 4. The Balaban J connectivity index is 1.81. The Morgan fingerprint density at radius 1 is 1.33 bits per heavy atom. The van der Waals surface area contributed by atoms with Crippen molar-refractivity contribution in [1.82, 2.24) is 10.2 Å². The maximum atomic E-state index is 12.1. The molecule has 0 spiro atoms. The molecule has 1 aromatic rings. The minimum atomic E-state index is -0.247. The molecule has 0 radical (unpaired) electrons. The van der Waals surface area contributed by atoms with Crippen LogP contribution in [0.2, 0.25) is 0 Å². The number of benzene rings is 1. The largest absolute Gasteiger partial charge is 0.399 e. The molecular weight excluding hydrogens is 266 g/mol. The maximum Gasteiger partial charge on any atom is 0.251 e.